The highest BCUT2D eigenvalue weighted by atomic mass is 16.5. The van der Waals surface area contributed by atoms with Crippen molar-refractivity contribution in [3.63, 3.8) is 0 Å². The van der Waals surface area contributed by atoms with Crippen molar-refractivity contribution >= 4 is 11.6 Å². The van der Waals surface area contributed by atoms with Crippen molar-refractivity contribution in [3.05, 3.63) is 60.2 Å². The summed E-state index contributed by atoms with van der Waals surface area (Å²) in [4.78, 5) is 13.8. The van der Waals surface area contributed by atoms with Gasteiger partial charge in [0.05, 0.1) is 0 Å². The highest BCUT2D eigenvalue weighted by Gasteiger charge is 2.29. The van der Waals surface area contributed by atoms with Crippen LogP contribution >= 0.6 is 0 Å². The zero-order chi connectivity index (χ0) is 15.4. The molecule has 0 aromatic heterocycles. The Kier molecular flexibility index (Phi) is 4.11. The average Bonchev–Trinajstić information content (AvgIpc) is 2.95. The zero-order valence-electron chi connectivity index (χ0n) is 12.2. The van der Waals surface area contributed by atoms with Gasteiger partial charge >= 0.3 is 0 Å². The number of nitrogens with zero attached hydrogens (tertiary/aromatic N) is 1. The maximum absolute atomic E-state index is 12.0. The Morgan fingerprint density at radius 2 is 2.00 bits per heavy atom. The third-order valence-corrected chi connectivity index (χ3v) is 3.74. The molecule has 2 aromatic rings. The fourth-order valence-corrected chi connectivity index (χ4v) is 2.55. The molecule has 2 aromatic carbocycles. The molecule has 0 spiro atoms. The minimum absolute atomic E-state index is 0.00129. The summed E-state index contributed by atoms with van der Waals surface area (Å²) in [6.45, 7) is 1.09. The smallest absolute Gasteiger partial charge is 0.228 e. The van der Waals surface area contributed by atoms with Gasteiger partial charge in [-0.05, 0) is 17.7 Å². The quantitative estimate of drug-likeness (QED) is 0.809. The summed E-state index contributed by atoms with van der Waals surface area (Å²) in [6, 6.07) is 17.6. The van der Waals surface area contributed by atoms with E-state index in [1.165, 1.54) is 0 Å². The lowest BCUT2D eigenvalue weighted by atomic mass is 10.1. The minimum Gasteiger partial charge on any atom is -0.489 e. The number of terminal acetylenes is 1. The molecule has 0 bridgehead atoms. The van der Waals surface area contributed by atoms with Crippen molar-refractivity contribution in [1.29, 1.82) is 0 Å². The van der Waals surface area contributed by atoms with Crippen LogP contribution in [0.4, 0.5) is 5.69 Å². The van der Waals surface area contributed by atoms with Crippen molar-refractivity contribution in [2.24, 2.45) is 5.92 Å². The van der Waals surface area contributed by atoms with Crippen LogP contribution in [0.25, 0.3) is 0 Å². The van der Waals surface area contributed by atoms with Gasteiger partial charge in [-0.25, -0.2) is 0 Å². The summed E-state index contributed by atoms with van der Waals surface area (Å²) in [7, 11) is 0. The van der Waals surface area contributed by atoms with E-state index in [1.54, 1.807) is 4.90 Å². The van der Waals surface area contributed by atoms with Gasteiger partial charge in [0.2, 0.25) is 5.91 Å². The summed E-state index contributed by atoms with van der Waals surface area (Å²) in [6.07, 6.45) is 5.85. The molecular formula is C19H17NO2. The molecule has 0 radical (unpaired) electrons. The van der Waals surface area contributed by atoms with Crippen molar-refractivity contribution in [3.8, 4) is 18.1 Å². The molecule has 0 aliphatic carbocycles. The van der Waals surface area contributed by atoms with Crippen molar-refractivity contribution < 1.29 is 9.53 Å². The van der Waals surface area contributed by atoms with Crippen LogP contribution in [-0.4, -0.2) is 12.5 Å². The number of hydrogen-bond acceptors (Lipinski definition) is 2. The molecule has 3 nitrogen and oxygen atoms in total. The number of hydrogen-bond donors (Lipinski definition) is 0. The average molecular weight is 291 g/mol. The first kappa shape index (κ1) is 14.2. The fourth-order valence-electron chi connectivity index (χ4n) is 2.55. The Morgan fingerprint density at radius 1 is 1.18 bits per heavy atom. The van der Waals surface area contributed by atoms with Crippen LogP contribution in [0.3, 0.4) is 0 Å². The molecule has 1 heterocycles. The van der Waals surface area contributed by atoms with E-state index in [1.807, 2.05) is 54.6 Å². The Hall–Kier alpha value is -2.73. The van der Waals surface area contributed by atoms with E-state index in [0.717, 1.165) is 17.0 Å². The molecule has 1 unspecified atom stereocenters. The van der Waals surface area contributed by atoms with Crippen molar-refractivity contribution in [1.82, 2.24) is 0 Å². The van der Waals surface area contributed by atoms with Crippen molar-refractivity contribution in [2.45, 2.75) is 13.0 Å². The van der Waals surface area contributed by atoms with E-state index in [4.69, 9.17) is 11.2 Å². The van der Waals surface area contributed by atoms with Gasteiger partial charge in [0.25, 0.3) is 0 Å². The topological polar surface area (TPSA) is 29.5 Å². The molecule has 0 N–H and O–H groups in total. The largest absolute Gasteiger partial charge is 0.489 e. The molecule has 1 amide bonds. The van der Waals surface area contributed by atoms with E-state index in [-0.39, 0.29) is 11.8 Å². The minimum atomic E-state index is 0.00129. The molecule has 1 fully saturated rings. The molecule has 1 atom stereocenters. The lowest BCUT2D eigenvalue weighted by Gasteiger charge is -2.17. The fraction of sp³-hybridized carbons (Fsp3) is 0.211. The summed E-state index contributed by atoms with van der Waals surface area (Å²) >= 11 is 0. The number of rotatable bonds is 4. The van der Waals surface area contributed by atoms with Crippen LogP contribution in [0.15, 0.2) is 54.6 Å². The summed E-state index contributed by atoms with van der Waals surface area (Å²) in [5.41, 5.74) is 1.95. The highest BCUT2D eigenvalue weighted by molar-refractivity contribution is 5.96. The standard InChI is InChI=1S/C19H17NO2/c1-2-15-11-19(21)20(13-15)17-9-6-10-18(12-17)22-14-16-7-4-3-5-8-16/h1,3-10,12,15H,11,13-14H2. The van der Waals surface area contributed by atoms with Crippen LogP contribution in [0, 0.1) is 18.3 Å². The van der Waals surface area contributed by atoms with Crippen molar-refractivity contribution in [2.75, 3.05) is 11.4 Å². The molecule has 3 rings (SSSR count). The van der Waals surface area contributed by atoms with E-state index in [2.05, 4.69) is 5.92 Å². The van der Waals surface area contributed by atoms with Gasteiger partial charge in [-0.3, -0.25) is 4.79 Å². The van der Waals surface area contributed by atoms with E-state index in [0.29, 0.717) is 19.6 Å². The van der Waals surface area contributed by atoms with Crippen LogP contribution < -0.4 is 9.64 Å². The molecule has 0 saturated carbocycles. The molecule has 1 aliphatic heterocycles. The lowest BCUT2D eigenvalue weighted by molar-refractivity contribution is -0.117. The molecule has 1 saturated heterocycles. The lowest BCUT2D eigenvalue weighted by Crippen LogP contribution is -2.24. The maximum Gasteiger partial charge on any atom is 0.228 e. The Morgan fingerprint density at radius 3 is 2.73 bits per heavy atom. The van der Waals surface area contributed by atoms with Crippen LogP contribution in [0.5, 0.6) is 5.75 Å². The maximum atomic E-state index is 12.0. The van der Waals surface area contributed by atoms with E-state index >= 15 is 0 Å². The Labute approximate surface area is 130 Å². The molecule has 1 aliphatic rings. The first-order valence-corrected chi connectivity index (χ1v) is 7.29. The highest BCUT2D eigenvalue weighted by Crippen LogP contribution is 2.27. The van der Waals surface area contributed by atoms with Gasteiger partial charge in [-0.2, -0.15) is 0 Å². The van der Waals surface area contributed by atoms with Gasteiger partial charge in [0, 0.05) is 30.6 Å². The number of carbonyl (C=O) groups is 1. The number of amides is 1. The number of ether oxygens (including phenoxy) is 1. The van der Waals surface area contributed by atoms with Gasteiger partial charge in [0.15, 0.2) is 0 Å². The van der Waals surface area contributed by atoms with Gasteiger partial charge in [-0.15, -0.1) is 12.3 Å². The number of benzene rings is 2. The van der Waals surface area contributed by atoms with Crippen LogP contribution in [0.2, 0.25) is 0 Å². The summed E-state index contributed by atoms with van der Waals surface area (Å²) < 4.78 is 5.80. The monoisotopic (exact) mass is 291 g/mol. The van der Waals surface area contributed by atoms with E-state index in [9.17, 15) is 4.79 Å². The second kappa shape index (κ2) is 6.36. The second-order valence-electron chi connectivity index (χ2n) is 5.34. The Bertz CT molecular complexity index is 703. The zero-order valence-corrected chi connectivity index (χ0v) is 12.2. The van der Waals surface area contributed by atoms with E-state index < -0.39 is 0 Å². The van der Waals surface area contributed by atoms with Gasteiger partial charge in [-0.1, -0.05) is 36.4 Å². The second-order valence-corrected chi connectivity index (χ2v) is 5.34. The van der Waals surface area contributed by atoms with Crippen LogP contribution in [0.1, 0.15) is 12.0 Å². The molecule has 3 heteroatoms. The first-order valence-electron chi connectivity index (χ1n) is 7.29. The summed E-state index contributed by atoms with van der Waals surface area (Å²) in [5, 5.41) is 0. The predicted molar refractivity (Wildman–Crippen MR) is 86.5 cm³/mol. The Balaban J connectivity index is 1.70. The van der Waals surface area contributed by atoms with Crippen LogP contribution in [-0.2, 0) is 11.4 Å². The summed E-state index contributed by atoms with van der Waals surface area (Å²) in [5.74, 6) is 3.48. The number of carbonyl (C=O) groups excluding carboxylic acids is 1. The SMILES string of the molecule is C#CC1CC(=O)N(c2cccc(OCc3ccccc3)c2)C1. The third kappa shape index (κ3) is 3.12. The molecule has 22 heavy (non-hydrogen) atoms. The van der Waals surface area contributed by atoms with Gasteiger partial charge < -0.3 is 9.64 Å². The van der Waals surface area contributed by atoms with Gasteiger partial charge in [0.1, 0.15) is 12.4 Å². The predicted octanol–water partition coefficient (Wildman–Crippen LogP) is 3.25. The molecule has 110 valence electrons. The normalized spacial score (nSPS) is 17.3. The molecular weight excluding hydrogens is 274 g/mol. The third-order valence-electron chi connectivity index (χ3n) is 3.74. The number of anilines is 1. The first-order chi connectivity index (χ1) is 10.8.